The van der Waals surface area contributed by atoms with Crippen LogP contribution in [0.4, 0.5) is 5.82 Å². The van der Waals surface area contributed by atoms with E-state index in [1.807, 2.05) is 0 Å². The van der Waals surface area contributed by atoms with E-state index in [2.05, 4.69) is 9.97 Å². The van der Waals surface area contributed by atoms with Gasteiger partial charge in [-0.15, -0.1) is 0 Å². The summed E-state index contributed by atoms with van der Waals surface area (Å²) in [5.41, 5.74) is 6.88. The van der Waals surface area contributed by atoms with Crippen LogP contribution in [0.15, 0.2) is 28.0 Å². The van der Waals surface area contributed by atoms with Gasteiger partial charge < -0.3 is 5.73 Å². The number of rotatable bonds is 3. The molecule has 6 heteroatoms. The van der Waals surface area contributed by atoms with Gasteiger partial charge in [-0.1, -0.05) is 35.0 Å². The zero-order valence-corrected chi connectivity index (χ0v) is 8.90. The first-order valence-corrected chi connectivity index (χ1v) is 5.18. The van der Waals surface area contributed by atoms with Gasteiger partial charge in [0.2, 0.25) is 0 Å². The molecule has 0 amide bonds. The molecule has 0 aromatic carbocycles. The Kier molecular flexibility index (Phi) is 4.35. The molecule has 2 N–H and O–H groups in total. The molecule has 0 aliphatic heterocycles. The third-order valence-corrected chi connectivity index (χ3v) is 2.98. The maximum Gasteiger partial charge on any atom is 0.156 e. The van der Waals surface area contributed by atoms with Gasteiger partial charge in [-0.3, -0.25) is 0 Å². The quantitative estimate of drug-likeness (QED) is 0.819. The molecule has 0 aliphatic carbocycles. The highest BCUT2D eigenvalue weighted by Crippen LogP contribution is 2.23. The van der Waals surface area contributed by atoms with Crippen LogP contribution >= 0.6 is 35.0 Å². The molecule has 1 heterocycles. The lowest BCUT2D eigenvalue weighted by atomic mass is 10.7. The van der Waals surface area contributed by atoms with Crippen molar-refractivity contribution in [2.75, 3.05) is 11.5 Å². The number of nitrogen functional groups attached to an aromatic ring is 1. The van der Waals surface area contributed by atoms with Crippen molar-refractivity contribution in [2.24, 2.45) is 0 Å². The van der Waals surface area contributed by atoms with Crippen LogP contribution in [0, 0.1) is 0 Å². The summed E-state index contributed by atoms with van der Waals surface area (Å²) in [5.74, 6) is 0.958. The predicted octanol–water partition coefficient (Wildman–Crippen LogP) is 2.47. The Labute approximate surface area is 90.3 Å². The molecule has 0 unspecified atom stereocenters. The second-order valence-electron chi connectivity index (χ2n) is 2.09. The van der Waals surface area contributed by atoms with Crippen molar-refractivity contribution in [2.45, 2.75) is 5.03 Å². The molecule has 3 nitrogen and oxygen atoms in total. The summed E-state index contributed by atoms with van der Waals surface area (Å²) >= 11 is 12.5. The SMILES string of the molecule is Nc1nccnc1SCC(Cl)=CCl. The van der Waals surface area contributed by atoms with Crippen LogP contribution in [0.2, 0.25) is 0 Å². The number of aromatic nitrogens is 2. The van der Waals surface area contributed by atoms with Crippen molar-refractivity contribution in [3.05, 3.63) is 23.0 Å². The molecule has 1 aromatic rings. The van der Waals surface area contributed by atoms with Crippen molar-refractivity contribution < 1.29 is 0 Å². The van der Waals surface area contributed by atoms with Crippen LogP contribution in [0.25, 0.3) is 0 Å². The molecule has 0 atom stereocenters. The maximum atomic E-state index is 5.69. The fourth-order valence-electron chi connectivity index (χ4n) is 0.616. The number of anilines is 1. The van der Waals surface area contributed by atoms with Crippen LogP contribution in [0.3, 0.4) is 0 Å². The van der Waals surface area contributed by atoms with Gasteiger partial charge in [0.15, 0.2) is 5.82 Å². The molecular formula is C7H7Cl2N3S. The van der Waals surface area contributed by atoms with Gasteiger partial charge in [0, 0.05) is 28.7 Å². The Bertz CT molecular complexity index is 316. The van der Waals surface area contributed by atoms with Crippen molar-refractivity contribution in [1.82, 2.24) is 9.97 Å². The number of thioether (sulfide) groups is 1. The van der Waals surface area contributed by atoms with Crippen molar-refractivity contribution in [3.8, 4) is 0 Å². The van der Waals surface area contributed by atoms with Gasteiger partial charge in [0.05, 0.1) is 0 Å². The van der Waals surface area contributed by atoms with E-state index in [0.29, 0.717) is 21.6 Å². The molecule has 1 rings (SSSR count). The van der Waals surface area contributed by atoms with Gasteiger partial charge >= 0.3 is 0 Å². The number of nitrogens with two attached hydrogens (primary N) is 1. The zero-order chi connectivity index (χ0) is 9.68. The zero-order valence-electron chi connectivity index (χ0n) is 6.58. The van der Waals surface area contributed by atoms with E-state index in [-0.39, 0.29) is 0 Å². The summed E-state index contributed by atoms with van der Waals surface area (Å²) in [4.78, 5) is 7.91. The molecule has 0 radical (unpaired) electrons. The van der Waals surface area contributed by atoms with E-state index in [9.17, 15) is 0 Å². The van der Waals surface area contributed by atoms with Crippen molar-refractivity contribution in [1.29, 1.82) is 0 Å². The molecule has 13 heavy (non-hydrogen) atoms. The first-order chi connectivity index (χ1) is 6.24. The van der Waals surface area contributed by atoms with Crippen LogP contribution < -0.4 is 5.73 Å². The molecule has 70 valence electrons. The van der Waals surface area contributed by atoms with Gasteiger partial charge in [-0.05, 0) is 0 Å². The Hall–Kier alpha value is -0.450. The minimum atomic E-state index is 0.409. The lowest BCUT2D eigenvalue weighted by Crippen LogP contribution is -1.95. The van der Waals surface area contributed by atoms with Gasteiger partial charge in [0.25, 0.3) is 0 Å². The third-order valence-electron chi connectivity index (χ3n) is 1.16. The van der Waals surface area contributed by atoms with E-state index in [4.69, 9.17) is 28.9 Å². The summed E-state index contributed by atoms with van der Waals surface area (Å²) in [7, 11) is 0. The van der Waals surface area contributed by atoms with Crippen LogP contribution in [-0.2, 0) is 0 Å². The van der Waals surface area contributed by atoms with Crippen LogP contribution in [0.5, 0.6) is 0 Å². The van der Waals surface area contributed by atoms with E-state index < -0.39 is 0 Å². The Morgan fingerprint density at radius 3 is 2.85 bits per heavy atom. The number of hydrogen-bond donors (Lipinski definition) is 1. The van der Waals surface area contributed by atoms with E-state index in [0.717, 1.165) is 0 Å². The molecule has 0 fully saturated rings. The first kappa shape index (κ1) is 10.6. The fraction of sp³-hybridized carbons (Fsp3) is 0.143. The Balaban J connectivity index is 2.60. The number of hydrogen-bond acceptors (Lipinski definition) is 4. The standard InChI is InChI=1S/C7H7Cl2N3S/c8-3-5(9)4-13-7-6(10)11-1-2-12-7/h1-3H,4H2,(H2,10,11). The number of nitrogens with zero attached hydrogens (tertiary/aromatic N) is 2. The normalized spacial score (nSPS) is 11.7. The molecule has 1 aromatic heterocycles. The Morgan fingerprint density at radius 1 is 1.54 bits per heavy atom. The van der Waals surface area contributed by atoms with Crippen LogP contribution in [0.1, 0.15) is 0 Å². The molecule has 0 bridgehead atoms. The largest absolute Gasteiger partial charge is 0.381 e. The average molecular weight is 236 g/mol. The van der Waals surface area contributed by atoms with Crippen LogP contribution in [-0.4, -0.2) is 15.7 Å². The number of halogens is 2. The first-order valence-electron chi connectivity index (χ1n) is 3.38. The van der Waals surface area contributed by atoms with E-state index >= 15 is 0 Å². The minimum Gasteiger partial charge on any atom is -0.381 e. The fourth-order valence-corrected chi connectivity index (χ4v) is 1.64. The highest BCUT2D eigenvalue weighted by Gasteiger charge is 2.02. The second kappa shape index (κ2) is 5.32. The summed E-state index contributed by atoms with van der Waals surface area (Å²) in [6.07, 6.45) is 3.12. The average Bonchev–Trinajstić information content (AvgIpc) is 2.16. The molecule has 0 aliphatic rings. The molecule has 0 spiro atoms. The molecule has 0 saturated heterocycles. The van der Waals surface area contributed by atoms with E-state index in [1.165, 1.54) is 17.3 Å². The summed E-state index contributed by atoms with van der Waals surface area (Å²) < 4.78 is 0. The van der Waals surface area contributed by atoms with Crippen molar-refractivity contribution >= 4 is 40.8 Å². The summed E-state index contributed by atoms with van der Waals surface area (Å²) in [6.45, 7) is 0. The van der Waals surface area contributed by atoms with Gasteiger partial charge in [0.1, 0.15) is 5.03 Å². The van der Waals surface area contributed by atoms with E-state index in [1.54, 1.807) is 12.4 Å². The Morgan fingerprint density at radius 2 is 2.23 bits per heavy atom. The lowest BCUT2D eigenvalue weighted by molar-refractivity contribution is 1.07. The van der Waals surface area contributed by atoms with Gasteiger partial charge in [-0.25, -0.2) is 9.97 Å². The smallest absolute Gasteiger partial charge is 0.156 e. The molecular weight excluding hydrogens is 229 g/mol. The maximum absolute atomic E-state index is 5.69. The van der Waals surface area contributed by atoms with Crippen molar-refractivity contribution in [3.63, 3.8) is 0 Å². The van der Waals surface area contributed by atoms with Gasteiger partial charge in [-0.2, -0.15) is 0 Å². The second-order valence-corrected chi connectivity index (χ2v) is 3.76. The monoisotopic (exact) mass is 235 g/mol. The summed E-state index contributed by atoms with van der Waals surface area (Å²) in [5, 5.41) is 1.22. The predicted molar refractivity (Wildman–Crippen MR) is 57.0 cm³/mol. The lowest BCUT2D eigenvalue weighted by Gasteiger charge is -2.00. The highest BCUT2D eigenvalue weighted by atomic mass is 35.5. The molecule has 0 saturated carbocycles. The highest BCUT2D eigenvalue weighted by molar-refractivity contribution is 7.99. The summed E-state index contributed by atoms with van der Waals surface area (Å²) in [6, 6.07) is 0. The topological polar surface area (TPSA) is 51.8 Å². The third kappa shape index (κ3) is 3.42. The minimum absolute atomic E-state index is 0.409.